The summed E-state index contributed by atoms with van der Waals surface area (Å²) in [6.45, 7) is 1.95. The van der Waals surface area contributed by atoms with Crippen LogP contribution >= 0.6 is 0 Å². The van der Waals surface area contributed by atoms with Crippen LogP contribution in [-0.2, 0) is 14.3 Å². The van der Waals surface area contributed by atoms with E-state index < -0.39 is 0 Å². The molecule has 3 nitrogen and oxygen atoms in total. The first-order chi connectivity index (χ1) is 8.22. The Morgan fingerprint density at radius 3 is 2.82 bits per heavy atom. The summed E-state index contributed by atoms with van der Waals surface area (Å²) in [5.41, 5.74) is 0. The highest BCUT2D eigenvalue weighted by Crippen LogP contribution is 2.52. The molecule has 0 bridgehead atoms. The molecule has 1 unspecified atom stereocenters. The molecule has 0 spiro atoms. The SMILES string of the molecule is C[C@H]1OC(=O)[C@@H]2C[C@@H]3CCCCC3[C@H](C=O)[C@H]12. The monoisotopic (exact) mass is 236 g/mol. The van der Waals surface area contributed by atoms with Crippen molar-refractivity contribution in [3.63, 3.8) is 0 Å². The molecule has 0 N–H and O–H groups in total. The zero-order valence-electron chi connectivity index (χ0n) is 10.3. The molecule has 17 heavy (non-hydrogen) atoms. The van der Waals surface area contributed by atoms with Gasteiger partial charge in [-0.25, -0.2) is 0 Å². The Labute approximate surface area is 102 Å². The standard InChI is InChI=1S/C14H20O3/c1-8-13-11(14(16)17-8)6-9-4-2-3-5-10(9)12(13)7-15/h7-13H,2-6H2,1H3/t8-,9+,10?,11-,12+,13-/m1/s1. The van der Waals surface area contributed by atoms with Crippen molar-refractivity contribution in [1.82, 2.24) is 0 Å². The Bertz CT molecular complexity index is 338. The van der Waals surface area contributed by atoms with E-state index in [4.69, 9.17) is 4.74 Å². The van der Waals surface area contributed by atoms with Gasteiger partial charge < -0.3 is 9.53 Å². The van der Waals surface area contributed by atoms with Crippen molar-refractivity contribution < 1.29 is 14.3 Å². The van der Waals surface area contributed by atoms with Crippen molar-refractivity contribution in [2.45, 2.75) is 45.1 Å². The van der Waals surface area contributed by atoms with Gasteiger partial charge in [-0.05, 0) is 31.6 Å². The fourth-order valence-corrected chi connectivity index (χ4v) is 4.51. The lowest BCUT2D eigenvalue weighted by atomic mass is 9.58. The van der Waals surface area contributed by atoms with Gasteiger partial charge in [0.25, 0.3) is 0 Å². The number of hydrogen-bond donors (Lipinski definition) is 0. The molecule has 0 aromatic carbocycles. The minimum atomic E-state index is -0.0643. The number of carbonyl (C=O) groups excluding carboxylic acids is 2. The molecule has 3 fully saturated rings. The van der Waals surface area contributed by atoms with Crippen LogP contribution in [-0.4, -0.2) is 18.4 Å². The number of rotatable bonds is 1. The lowest BCUT2D eigenvalue weighted by Gasteiger charge is -2.44. The van der Waals surface area contributed by atoms with Gasteiger partial charge in [0.15, 0.2) is 0 Å². The first-order valence-electron chi connectivity index (χ1n) is 6.88. The minimum Gasteiger partial charge on any atom is -0.462 e. The summed E-state index contributed by atoms with van der Waals surface area (Å²) in [5, 5.41) is 0. The molecular weight excluding hydrogens is 216 g/mol. The van der Waals surface area contributed by atoms with Crippen LogP contribution in [0.4, 0.5) is 0 Å². The molecule has 6 atom stereocenters. The number of esters is 1. The molecule has 0 amide bonds. The molecule has 3 heteroatoms. The van der Waals surface area contributed by atoms with Crippen LogP contribution < -0.4 is 0 Å². The largest absolute Gasteiger partial charge is 0.462 e. The number of cyclic esters (lactones) is 1. The highest BCUT2D eigenvalue weighted by Gasteiger charge is 2.54. The zero-order valence-corrected chi connectivity index (χ0v) is 10.3. The molecule has 94 valence electrons. The van der Waals surface area contributed by atoms with Gasteiger partial charge in [0.1, 0.15) is 12.4 Å². The highest BCUT2D eigenvalue weighted by molar-refractivity contribution is 5.76. The molecule has 2 saturated carbocycles. The average Bonchev–Trinajstić information content (AvgIpc) is 2.62. The highest BCUT2D eigenvalue weighted by atomic mass is 16.6. The van der Waals surface area contributed by atoms with E-state index in [1.165, 1.54) is 19.3 Å². The van der Waals surface area contributed by atoms with E-state index in [1.807, 2.05) is 6.92 Å². The molecule has 3 aliphatic rings. The van der Waals surface area contributed by atoms with E-state index in [1.54, 1.807) is 0 Å². The molecule has 1 saturated heterocycles. The van der Waals surface area contributed by atoms with E-state index in [-0.39, 0.29) is 29.8 Å². The van der Waals surface area contributed by atoms with Crippen LogP contribution in [0.3, 0.4) is 0 Å². The molecule has 2 aliphatic carbocycles. The number of carbonyl (C=O) groups is 2. The number of ether oxygens (including phenoxy) is 1. The molecule has 0 radical (unpaired) electrons. The van der Waals surface area contributed by atoms with Crippen molar-refractivity contribution in [1.29, 1.82) is 0 Å². The van der Waals surface area contributed by atoms with Gasteiger partial charge in [-0.3, -0.25) is 4.79 Å². The van der Waals surface area contributed by atoms with Gasteiger partial charge in [0, 0.05) is 11.8 Å². The molecule has 3 rings (SSSR count). The Kier molecular flexibility index (Phi) is 2.72. The van der Waals surface area contributed by atoms with E-state index in [2.05, 4.69) is 0 Å². The fraction of sp³-hybridized carbons (Fsp3) is 0.857. The zero-order chi connectivity index (χ0) is 12.0. The summed E-state index contributed by atoms with van der Waals surface area (Å²) in [7, 11) is 0. The number of hydrogen-bond acceptors (Lipinski definition) is 3. The Hall–Kier alpha value is -0.860. The Morgan fingerprint density at radius 2 is 2.06 bits per heavy atom. The second kappa shape index (κ2) is 4.11. The van der Waals surface area contributed by atoms with E-state index in [0.29, 0.717) is 11.8 Å². The second-order valence-corrected chi connectivity index (χ2v) is 5.98. The lowest BCUT2D eigenvalue weighted by molar-refractivity contribution is -0.144. The van der Waals surface area contributed by atoms with Gasteiger partial charge >= 0.3 is 5.97 Å². The van der Waals surface area contributed by atoms with Gasteiger partial charge in [-0.1, -0.05) is 19.3 Å². The van der Waals surface area contributed by atoms with Crippen molar-refractivity contribution in [3.8, 4) is 0 Å². The lowest BCUT2D eigenvalue weighted by Crippen LogP contribution is -2.44. The summed E-state index contributed by atoms with van der Waals surface area (Å²) in [6.07, 6.45) is 6.87. The average molecular weight is 236 g/mol. The Morgan fingerprint density at radius 1 is 1.29 bits per heavy atom. The predicted molar refractivity (Wildman–Crippen MR) is 62.2 cm³/mol. The van der Waals surface area contributed by atoms with Crippen molar-refractivity contribution >= 4 is 12.3 Å². The van der Waals surface area contributed by atoms with Gasteiger partial charge in [0.2, 0.25) is 0 Å². The van der Waals surface area contributed by atoms with Crippen molar-refractivity contribution in [2.24, 2.45) is 29.6 Å². The summed E-state index contributed by atoms with van der Waals surface area (Å²) in [5.74, 6) is 1.25. The van der Waals surface area contributed by atoms with Gasteiger partial charge in [0.05, 0.1) is 5.92 Å². The molecule has 1 heterocycles. The summed E-state index contributed by atoms with van der Waals surface area (Å²) >= 11 is 0. The van der Waals surface area contributed by atoms with Gasteiger partial charge in [-0.15, -0.1) is 0 Å². The maximum absolute atomic E-state index is 11.8. The molecule has 0 aromatic rings. The van der Waals surface area contributed by atoms with E-state index in [9.17, 15) is 9.59 Å². The second-order valence-electron chi connectivity index (χ2n) is 5.98. The normalized spacial score (nSPS) is 49.1. The van der Waals surface area contributed by atoms with Crippen LogP contribution in [0.25, 0.3) is 0 Å². The van der Waals surface area contributed by atoms with Crippen LogP contribution in [0, 0.1) is 29.6 Å². The molecule has 0 aromatic heterocycles. The maximum atomic E-state index is 11.8. The third-order valence-corrected chi connectivity index (χ3v) is 5.23. The summed E-state index contributed by atoms with van der Waals surface area (Å²) < 4.78 is 5.35. The third-order valence-electron chi connectivity index (χ3n) is 5.23. The summed E-state index contributed by atoms with van der Waals surface area (Å²) in [6, 6.07) is 0. The van der Waals surface area contributed by atoms with E-state index >= 15 is 0 Å². The van der Waals surface area contributed by atoms with E-state index in [0.717, 1.165) is 19.1 Å². The first-order valence-corrected chi connectivity index (χ1v) is 6.88. The van der Waals surface area contributed by atoms with Crippen molar-refractivity contribution in [3.05, 3.63) is 0 Å². The van der Waals surface area contributed by atoms with Crippen molar-refractivity contribution in [2.75, 3.05) is 0 Å². The smallest absolute Gasteiger partial charge is 0.309 e. The fourth-order valence-electron chi connectivity index (χ4n) is 4.51. The third kappa shape index (κ3) is 1.62. The maximum Gasteiger partial charge on any atom is 0.309 e. The van der Waals surface area contributed by atoms with Crippen LogP contribution in [0.15, 0.2) is 0 Å². The topological polar surface area (TPSA) is 43.4 Å². The first kappa shape index (κ1) is 11.2. The summed E-state index contributed by atoms with van der Waals surface area (Å²) in [4.78, 5) is 23.3. The molecular formula is C14H20O3. The van der Waals surface area contributed by atoms with Gasteiger partial charge in [-0.2, -0.15) is 0 Å². The molecule has 1 aliphatic heterocycles. The minimum absolute atomic E-state index is 0.000417. The van der Waals surface area contributed by atoms with Crippen LogP contribution in [0.5, 0.6) is 0 Å². The van der Waals surface area contributed by atoms with Crippen LogP contribution in [0.2, 0.25) is 0 Å². The Balaban J connectivity index is 1.90. The van der Waals surface area contributed by atoms with Crippen LogP contribution in [0.1, 0.15) is 39.0 Å². The number of aldehydes is 1. The quantitative estimate of drug-likeness (QED) is 0.518. The number of fused-ring (bicyclic) bond motifs is 2. The predicted octanol–water partition coefficient (Wildman–Crippen LogP) is 2.19.